The Hall–Kier alpha value is 0.229. The van der Waals surface area contributed by atoms with Crippen LogP contribution in [-0.2, 0) is 6.54 Å². The van der Waals surface area contributed by atoms with E-state index in [1.807, 2.05) is 0 Å². The average molecular weight is 354 g/mol. The zero-order valence-electron chi connectivity index (χ0n) is 7.26. The van der Waals surface area contributed by atoms with Crippen LogP contribution in [0.4, 0.5) is 0 Å². The maximum absolute atomic E-state index is 4.49. The van der Waals surface area contributed by atoms with Gasteiger partial charge in [0.25, 0.3) is 0 Å². The second kappa shape index (κ2) is 3.67. The van der Waals surface area contributed by atoms with E-state index >= 15 is 0 Å². The minimum absolute atomic E-state index is 0.491. The maximum atomic E-state index is 4.49. The summed E-state index contributed by atoms with van der Waals surface area (Å²) >= 11 is 0.981. The van der Waals surface area contributed by atoms with Crippen LogP contribution in [0.15, 0.2) is 6.07 Å². The summed E-state index contributed by atoms with van der Waals surface area (Å²) in [6, 6.07) is 2.32. The van der Waals surface area contributed by atoms with Gasteiger partial charge in [-0.25, -0.2) is 0 Å². The Bertz CT molecular complexity index is 604. The standard InChI is InChI=1S/C7H6N3S2Se2/c1-2-10-6-4(13-11-8-6)3-5-7(10)9-12-14-5/h3H,2H2,1H3/q-1. The second-order valence-electron chi connectivity index (χ2n) is 2.76. The number of nitrogens with zero attached hydrogens (tertiary/aromatic N) is 3. The summed E-state index contributed by atoms with van der Waals surface area (Å²) in [5, 5.41) is 0. The molecule has 0 aromatic heterocycles. The molecule has 0 amide bonds. The molecule has 0 aromatic rings. The van der Waals surface area contributed by atoms with Crippen molar-refractivity contribution in [2.75, 3.05) is 0 Å². The fourth-order valence-electron chi connectivity index (χ4n) is 1.41. The Labute approximate surface area is 98.6 Å². The zero-order chi connectivity index (χ0) is 9.54. The second-order valence-corrected chi connectivity index (χ2v) is 9.58. The van der Waals surface area contributed by atoms with E-state index in [4.69, 9.17) is 0 Å². The van der Waals surface area contributed by atoms with Crippen molar-refractivity contribution >= 4 is 46.5 Å². The van der Waals surface area contributed by atoms with Crippen molar-refractivity contribution in [1.29, 1.82) is 0 Å². The van der Waals surface area contributed by atoms with Gasteiger partial charge in [0.15, 0.2) is 0 Å². The number of hydrogen-bond donors (Lipinski definition) is 0. The van der Waals surface area contributed by atoms with Gasteiger partial charge in [-0.15, -0.1) is 0 Å². The summed E-state index contributed by atoms with van der Waals surface area (Å²) in [4.78, 5) is 0. The fourth-order valence-corrected chi connectivity index (χ4v) is 8.13. The van der Waals surface area contributed by atoms with Gasteiger partial charge in [0, 0.05) is 0 Å². The third-order valence-electron chi connectivity index (χ3n) is 2.03. The molecule has 3 nitrogen and oxygen atoms in total. The van der Waals surface area contributed by atoms with Gasteiger partial charge in [0.1, 0.15) is 0 Å². The Balaban J connectivity index is 2.59. The predicted molar refractivity (Wildman–Crippen MR) is 60.4 cm³/mol. The molecule has 0 spiro atoms. The molecule has 3 aliphatic heterocycles. The van der Waals surface area contributed by atoms with Crippen LogP contribution in [0.3, 0.4) is 0 Å². The first-order valence-corrected chi connectivity index (χ1v) is 11.4. The van der Waals surface area contributed by atoms with Crippen LogP contribution in [0, 0.1) is 9.57 Å². The third-order valence-corrected chi connectivity index (χ3v) is 8.43. The van der Waals surface area contributed by atoms with E-state index in [0.717, 1.165) is 6.54 Å². The van der Waals surface area contributed by atoms with Crippen molar-refractivity contribution in [2.24, 2.45) is 0 Å². The zero-order valence-corrected chi connectivity index (χ0v) is 12.3. The average Bonchev–Trinajstić information content (AvgIpc) is 2.80. The van der Waals surface area contributed by atoms with Crippen molar-refractivity contribution in [3.8, 4) is 10.3 Å². The molecule has 0 saturated heterocycles. The van der Waals surface area contributed by atoms with Crippen LogP contribution in [0.1, 0.15) is 6.92 Å². The van der Waals surface area contributed by atoms with Crippen molar-refractivity contribution in [3.05, 3.63) is 15.6 Å². The Morgan fingerprint density at radius 2 is 2.50 bits per heavy atom. The van der Waals surface area contributed by atoms with Gasteiger partial charge in [-0.05, 0) is 0 Å². The summed E-state index contributed by atoms with van der Waals surface area (Å²) in [5.74, 6) is 1.17. The summed E-state index contributed by atoms with van der Waals surface area (Å²) in [6.07, 6.45) is 0. The van der Waals surface area contributed by atoms with Gasteiger partial charge < -0.3 is 0 Å². The molecule has 3 aliphatic rings. The first-order valence-electron chi connectivity index (χ1n) is 4.10. The number of aromatic nitrogens is 3. The van der Waals surface area contributed by atoms with Crippen LogP contribution >= 0.6 is 19.8 Å². The van der Waals surface area contributed by atoms with Gasteiger partial charge in [-0.1, -0.05) is 0 Å². The predicted octanol–water partition coefficient (Wildman–Crippen LogP) is 1.05. The van der Waals surface area contributed by atoms with Gasteiger partial charge in [-0.2, -0.15) is 0 Å². The molecule has 0 N–H and O–H groups in total. The van der Waals surface area contributed by atoms with E-state index in [1.54, 1.807) is 19.8 Å². The molecule has 74 valence electrons. The summed E-state index contributed by atoms with van der Waals surface area (Å²) < 4.78 is 14.1. The fraction of sp³-hybridized carbons (Fsp3) is 0.286. The molecular formula is C7H6N3S2Se2-. The van der Waals surface area contributed by atoms with Crippen molar-refractivity contribution < 1.29 is 0 Å². The van der Waals surface area contributed by atoms with Crippen LogP contribution < -0.4 is 4.37 Å². The molecule has 14 heavy (non-hydrogen) atoms. The first-order chi connectivity index (χ1) is 6.90. The van der Waals surface area contributed by atoms with Crippen LogP contribution in [0.25, 0.3) is 10.3 Å². The molecule has 0 atom stereocenters. The molecule has 7 heteroatoms. The van der Waals surface area contributed by atoms with E-state index in [-0.39, 0.29) is 0 Å². The molecule has 0 aliphatic carbocycles. The SMILES string of the molecule is CCn1c2ns[se]c-2cc2[se]s[n-]c1=2. The van der Waals surface area contributed by atoms with Crippen LogP contribution in [0.2, 0.25) is 0 Å². The molecule has 0 radical (unpaired) electrons. The third kappa shape index (κ3) is 1.32. The molecule has 3 heterocycles. The molecule has 0 bridgehead atoms. The molecule has 0 unspecified atom stereocenters. The van der Waals surface area contributed by atoms with Crippen molar-refractivity contribution in [3.63, 3.8) is 0 Å². The quantitative estimate of drug-likeness (QED) is 0.612. The van der Waals surface area contributed by atoms with E-state index in [9.17, 15) is 0 Å². The van der Waals surface area contributed by atoms with E-state index in [1.165, 1.54) is 19.8 Å². The molecular weight excluding hydrogens is 348 g/mol. The van der Waals surface area contributed by atoms with Crippen molar-refractivity contribution in [1.82, 2.24) is 13.3 Å². The minimum atomic E-state index is 0.491. The Morgan fingerprint density at radius 3 is 3.36 bits per heavy atom. The monoisotopic (exact) mass is 356 g/mol. The van der Waals surface area contributed by atoms with Crippen LogP contribution in [-0.4, -0.2) is 35.6 Å². The number of rotatable bonds is 1. The number of fused-ring (bicyclic) bond motifs is 1. The van der Waals surface area contributed by atoms with E-state index in [2.05, 4.69) is 26.3 Å². The topological polar surface area (TPSA) is 31.9 Å². The summed E-state index contributed by atoms with van der Waals surface area (Å²) in [6.45, 7) is 3.14. The molecule has 0 aromatic carbocycles. The Kier molecular flexibility index (Phi) is 2.48. The van der Waals surface area contributed by atoms with Gasteiger partial charge in [-0.3, -0.25) is 0 Å². The Morgan fingerprint density at radius 1 is 1.57 bits per heavy atom. The summed E-state index contributed by atoms with van der Waals surface area (Å²) in [5.41, 5.74) is 1.17. The number of hydrogen-bond acceptors (Lipinski definition) is 3. The molecule has 0 fully saturated rings. The van der Waals surface area contributed by atoms with Gasteiger partial charge >= 0.3 is 99.2 Å². The van der Waals surface area contributed by atoms with Crippen molar-refractivity contribution in [2.45, 2.75) is 13.5 Å². The normalized spacial score (nSPS) is 11.5. The van der Waals surface area contributed by atoms with E-state index in [0.29, 0.717) is 26.7 Å². The molecule has 0 saturated carbocycles. The van der Waals surface area contributed by atoms with Gasteiger partial charge in [0.2, 0.25) is 0 Å². The summed E-state index contributed by atoms with van der Waals surface area (Å²) in [7, 11) is 3.42. The van der Waals surface area contributed by atoms with Gasteiger partial charge in [0.05, 0.1) is 0 Å². The van der Waals surface area contributed by atoms with E-state index < -0.39 is 0 Å². The van der Waals surface area contributed by atoms with Crippen LogP contribution in [0.5, 0.6) is 0 Å². The molecule has 3 rings (SSSR count). The first kappa shape index (κ1) is 9.45.